The molecule has 1 saturated heterocycles. The molecule has 4 heterocycles. The van der Waals surface area contributed by atoms with Crippen LogP contribution in [0.4, 0.5) is 17.3 Å². The van der Waals surface area contributed by atoms with Crippen LogP contribution in [0.2, 0.25) is 0 Å². The lowest BCUT2D eigenvalue weighted by Gasteiger charge is -2.28. The number of hydrogen-bond acceptors (Lipinski definition) is 6. The van der Waals surface area contributed by atoms with Crippen LogP contribution in [0.25, 0.3) is 10.7 Å². The molecule has 0 atom stereocenters. The van der Waals surface area contributed by atoms with E-state index >= 15 is 0 Å². The minimum Gasteiger partial charge on any atom is -0.370 e. The number of rotatable bonds is 5. The average Bonchev–Trinajstić information content (AvgIpc) is 3.20. The summed E-state index contributed by atoms with van der Waals surface area (Å²) in [5.74, 6) is 2.08. The summed E-state index contributed by atoms with van der Waals surface area (Å²) in [6.45, 7) is 6.62. The van der Waals surface area contributed by atoms with Gasteiger partial charge in [-0.3, -0.25) is 0 Å². The molecule has 1 N–H and O–H groups in total. The smallest absolute Gasteiger partial charge is 0.142 e. The summed E-state index contributed by atoms with van der Waals surface area (Å²) in [6, 6.07) is 10.1. The highest BCUT2D eigenvalue weighted by molar-refractivity contribution is 7.15. The molecule has 1 fully saturated rings. The van der Waals surface area contributed by atoms with Gasteiger partial charge in [-0.15, -0.1) is 11.3 Å². The van der Waals surface area contributed by atoms with E-state index in [9.17, 15) is 0 Å². The molecule has 27 heavy (non-hydrogen) atoms. The Morgan fingerprint density at radius 1 is 0.963 bits per heavy atom. The van der Waals surface area contributed by atoms with Gasteiger partial charge in [0.15, 0.2) is 0 Å². The van der Waals surface area contributed by atoms with Crippen molar-refractivity contribution in [2.45, 2.75) is 39.0 Å². The van der Waals surface area contributed by atoms with Gasteiger partial charge in [0.1, 0.15) is 22.3 Å². The number of pyridine rings is 2. The van der Waals surface area contributed by atoms with Gasteiger partial charge in [0.2, 0.25) is 0 Å². The van der Waals surface area contributed by atoms with Crippen molar-refractivity contribution in [2.75, 3.05) is 23.3 Å². The third kappa shape index (κ3) is 4.27. The zero-order valence-electron chi connectivity index (χ0n) is 15.9. The minimum absolute atomic E-state index is 0.486. The van der Waals surface area contributed by atoms with Crippen LogP contribution in [0.15, 0.2) is 42.7 Å². The van der Waals surface area contributed by atoms with Crippen LogP contribution in [-0.2, 0) is 0 Å². The number of hydrogen-bond donors (Lipinski definition) is 1. The molecule has 5 nitrogen and oxygen atoms in total. The van der Waals surface area contributed by atoms with Crippen molar-refractivity contribution in [1.82, 2.24) is 15.0 Å². The molecular weight excluding hydrogens is 354 g/mol. The number of aromatic nitrogens is 3. The van der Waals surface area contributed by atoms with Crippen LogP contribution < -0.4 is 10.2 Å². The Labute approximate surface area is 164 Å². The first-order valence-corrected chi connectivity index (χ1v) is 10.4. The van der Waals surface area contributed by atoms with E-state index in [0.717, 1.165) is 35.4 Å². The summed E-state index contributed by atoms with van der Waals surface area (Å²) >= 11 is 1.70. The number of anilines is 3. The van der Waals surface area contributed by atoms with Crippen LogP contribution in [0.1, 0.15) is 43.9 Å². The average molecular weight is 380 g/mol. The Balaban J connectivity index is 1.47. The zero-order chi connectivity index (χ0) is 18.6. The van der Waals surface area contributed by atoms with E-state index in [1.165, 1.54) is 29.8 Å². The maximum Gasteiger partial charge on any atom is 0.142 e. The molecule has 3 aromatic rings. The van der Waals surface area contributed by atoms with E-state index in [1.807, 2.05) is 36.7 Å². The van der Waals surface area contributed by atoms with Crippen molar-refractivity contribution in [2.24, 2.45) is 0 Å². The molecule has 0 aliphatic carbocycles. The second-order valence-electron chi connectivity index (χ2n) is 7.20. The number of piperidine rings is 1. The third-order valence-corrected chi connectivity index (χ3v) is 6.11. The molecule has 0 saturated carbocycles. The van der Waals surface area contributed by atoms with Crippen molar-refractivity contribution in [3.63, 3.8) is 0 Å². The lowest BCUT2D eigenvalue weighted by Crippen LogP contribution is -2.29. The SMILES string of the molecule is CC(C)c1cnc(-c2cccc(Nc3ccc(N4CCCCC4)cn3)n2)s1. The largest absolute Gasteiger partial charge is 0.370 e. The lowest BCUT2D eigenvalue weighted by atomic mass is 10.1. The predicted molar refractivity (Wildman–Crippen MR) is 113 cm³/mol. The molecule has 0 amide bonds. The standard InChI is InChI=1S/C21H25N5S/c1-15(2)18-14-23-21(27-18)17-7-6-8-20(24-17)25-19-10-9-16(13-22-19)26-11-4-3-5-12-26/h6-10,13-15H,3-5,11-12H2,1-2H3,(H,22,24,25). The molecule has 6 heteroatoms. The summed E-state index contributed by atoms with van der Waals surface area (Å²) in [4.78, 5) is 17.5. The summed E-state index contributed by atoms with van der Waals surface area (Å²) < 4.78 is 0. The summed E-state index contributed by atoms with van der Waals surface area (Å²) in [6.07, 6.45) is 7.78. The molecule has 1 aliphatic heterocycles. The molecular formula is C21H25N5S. The van der Waals surface area contributed by atoms with Gasteiger partial charge < -0.3 is 10.2 Å². The molecule has 0 unspecified atom stereocenters. The summed E-state index contributed by atoms with van der Waals surface area (Å²) in [5, 5.41) is 4.26. The van der Waals surface area contributed by atoms with E-state index < -0.39 is 0 Å². The highest BCUT2D eigenvalue weighted by Gasteiger charge is 2.12. The summed E-state index contributed by atoms with van der Waals surface area (Å²) in [7, 11) is 0. The van der Waals surface area contributed by atoms with Crippen molar-refractivity contribution < 1.29 is 0 Å². The fourth-order valence-corrected chi connectivity index (χ4v) is 4.11. The molecule has 3 aromatic heterocycles. The lowest BCUT2D eigenvalue weighted by molar-refractivity contribution is 0.577. The third-order valence-electron chi connectivity index (χ3n) is 4.79. The second-order valence-corrected chi connectivity index (χ2v) is 8.27. The van der Waals surface area contributed by atoms with Crippen LogP contribution in [-0.4, -0.2) is 28.0 Å². The molecule has 0 bridgehead atoms. The van der Waals surface area contributed by atoms with Crippen molar-refractivity contribution in [3.05, 3.63) is 47.6 Å². The zero-order valence-corrected chi connectivity index (χ0v) is 16.7. The number of nitrogens with one attached hydrogen (secondary N) is 1. The van der Waals surface area contributed by atoms with E-state index in [4.69, 9.17) is 4.98 Å². The van der Waals surface area contributed by atoms with Gasteiger partial charge in [0.05, 0.1) is 11.9 Å². The maximum absolute atomic E-state index is 4.71. The first-order valence-electron chi connectivity index (χ1n) is 9.60. The Morgan fingerprint density at radius 3 is 2.52 bits per heavy atom. The molecule has 1 aliphatic rings. The van der Waals surface area contributed by atoms with Gasteiger partial charge in [-0.2, -0.15) is 0 Å². The Kier molecular flexibility index (Phi) is 5.34. The van der Waals surface area contributed by atoms with Gasteiger partial charge in [-0.05, 0) is 49.4 Å². The topological polar surface area (TPSA) is 53.9 Å². The Bertz CT molecular complexity index is 882. The van der Waals surface area contributed by atoms with Gasteiger partial charge in [-0.1, -0.05) is 19.9 Å². The van der Waals surface area contributed by atoms with Gasteiger partial charge in [-0.25, -0.2) is 15.0 Å². The van der Waals surface area contributed by atoms with Crippen molar-refractivity contribution in [1.29, 1.82) is 0 Å². The molecule has 0 radical (unpaired) electrons. The van der Waals surface area contributed by atoms with Gasteiger partial charge >= 0.3 is 0 Å². The molecule has 0 aromatic carbocycles. The van der Waals surface area contributed by atoms with E-state index in [-0.39, 0.29) is 0 Å². The maximum atomic E-state index is 4.71. The van der Waals surface area contributed by atoms with E-state index in [2.05, 4.69) is 40.1 Å². The predicted octanol–water partition coefficient (Wildman–Crippen LogP) is 5.46. The highest BCUT2D eigenvalue weighted by Crippen LogP contribution is 2.29. The minimum atomic E-state index is 0.486. The molecule has 4 rings (SSSR count). The first-order chi connectivity index (χ1) is 13.2. The second kappa shape index (κ2) is 8.05. The van der Waals surface area contributed by atoms with Gasteiger partial charge in [0, 0.05) is 24.2 Å². The number of nitrogens with zero attached hydrogens (tertiary/aromatic N) is 4. The molecule has 0 spiro atoms. The van der Waals surface area contributed by atoms with Crippen LogP contribution >= 0.6 is 11.3 Å². The van der Waals surface area contributed by atoms with E-state index in [0.29, 0.717) is 5.92 Å². The fraction of sp³-hybridized carbons (Fsp3) is 0.381. The first kappa shape index (κ1) is 17.9. The summed E-state index contributed by atoms with van der Waals surface area (Å²) in [5.41, 5.74) is 2.09. The van der Waals surface area contributed by atoms with E-state index in [1.54, 1.807) is 11.3 Å². The fourth-order valence-electron chi connectivity index (χ4n) is 3.23. The highest BCUT2D eigenvalue weighted by atomic mass is 32.1. The van der Waals surface area contributed by atoms with Crippen LogP contribution in [0.5, 0.6) is 0 Å². The Morgan fingerprint density at radius 2 is 1.81 bits per heavy atom. The normalized spacial score (nSPS) is 14.6. The van der Waals surface area contributed by atoms with Crippen molar-refractivity contribution in [3.8, 4) is 10.7 Å². The van der Waals surface area contributed by atoms with Gasteiger partial charge in [0.25, 0.3) is 0 Å². The van der Waals surface area contributed by atoms with Crippen LogP contribution in [0.3, 0.4) is 0 Å². The quantitative estimate of drug-likeness (QED) is 0.638. The molecule has 140 valence electrons. The monoisotopic (exact) mass is 379 g/mol. The Hall–Kier alpha value is -2.47. The number of thiazole rings is 1. The van der Waals surface area contributed by atoms with Crippen LogP contribution in [0, 0.1) is 0 Å². The van der Waals surface area contributed by atoms with Crippen molar-refractivity contribution >= 4 is 28.7 Å².